The highest BCUT2D eigenvalue weighted by Gasteiger charge is 2.24. The summed E-state index contributed by atoms with van der Waals surface area (Å²) in [6.07, 6.45) is -0.211. The normalized spacial score (nSPS) is 11.8. The van der Waals surface area contributed by atoms with Gasteiger partial charge in [0.15, 0.2) is 5.78 Å². The molecule has 7 heteroatoms. The second kappa shape index (κ2) is 11.5. The number of hydrogen-bond donors (Lipinski definition) is 1. The zero-order valence-corrected chi connectivity index (χ0v) is 22.1. The molecule has 40 heavy (non-hydrogen) atoms. The van der Waals surface area contributed by atoms with Gasteiger partial charge in [0.2, 0.25) is 5.82 Å². The predicted molar refractivity (Wildman–Crippen MR) is 150 cm³/mol. The van der Waals surface area contributed by atoms with Gasteiger partial charge in [-0.15, -0.1) is 0 Å². The number of ketones is 1. The number of carboxylic acid groups (broad SMARTS) is 1. The molecule has 200 valence electrons. The minimum Gasteiger partial charge on any atom is -0.481 e. The smallest absolute Gasteiger partial charge is 0.307 e. The molecule has 0 bridgehead atoms. The number of hydrogen-bond acceptors (Lipinski definition) is 5. The summed E-state index contributed by atoms with van der Waals surface area (Å²) in [6, 6.07) is 27.0. The average molecular weight is 535 g/mol. The van der Waals surface area contributed by atoms with Crippen molar-refractivity contribution in [2.24, 2.45) is 5.92 Å². The largest absolute Gasteiger partial charge is 0.481 e. The summed E-state index contributed by atoms with van der Waals surface area (Å²) < 4.78 is 20.4. The first-order valence-corrected chi connectivity index (χ1v) is 12.9. The Morgan fingerprint density at radius 1 is 0.850 bits per heavy atom. The number of aromatic nitrogens is 2. The van der Waals surface area contributed by atoms with Crippen LogP contribution in [-0.4, -0.2) is 27.0 Å². The van der Waals surface area contributed by atoms with Crippen LogP contribution in [0.5, 0.6) is 0 Å². The van der Waals surface area contributed by atoms with Gasteiger partial charge in [0.05, 0.1) is 11.5 Å². The maximum atomic E-state index is 15.1. The summed E-state index contributed by atoms with van der Waals surface area (Å²) in [6.45, 7) is 3.97. The molecule has 0 amide bonds. The van der Waals surface area contributed by atoms with E-state index >= 15 is 4.39 Å². The lowest BCUT2D eigenvalue weighted by Crippen LogP contribution is -2.20. The number of Topliss-reactive ketones (excluding diaryl/α,β-unsaturated/α-hetero) is 1. The quantitative estimate of drug-likeness (QED) is 0.199. The molecule has 0 spiro atoms. The van der Waals surface area contributed by atoms with Crippen LogP contribution in [0.15, 0.2) is 95.5 Å². The van der Waals surface area contributed by atoms with E-state index in [-0.39, 0.29) is 35.9 Å². The standard InChI is InChI=1S/C33H27FN2O4/c1-20-6-11-23(12-7-20)25-4-3-5-26(18-25)30(37)19-27(33(38)39)16-22-10-15-28(29(34)17-22)31-35-32(40-36-31)24-13-8-21(2)9-14-24/h3-15,17-18,27H,16,19H2,1-2H3,(H,38,39). The molecule has 1 aromatic heterocycles. The molecule has 1 unspecified atom stereocenters. The van der Waals surface area contributed by atoms with Crippen molar-refractivity contribution < 1.29 is 23.6 Å². The van der Waals surface area contributed by atoms with Gasteiger partial charge in [-0.1, -0.05) is 76.9 Å². The topological polar surface area (TPSA) is 93.3 Å². The third kappa shape index (κ3) is 6.04. The van der Waals surface area contributed by atoms with Crippen LogP contribution in [0.25, 0.3) is 34.0 Å². The Morgan fingerprint density at radius 2 is 1.52 bits per heavy atom. The Morgan fingerprint density at radius 3 is 2.17 bits per heavy atom. The second-order valence-corrected chi connectivity index (χ2v) is 9.92. The lowest BCUT2D eigenvalue weighted by Gasteiger charge is -2.13. The number of rotatable bonds is 9. The van der Waals surface area contributed by atoms with Gasteiger partial charge in [-0.05, 0) is 67.3 Å². The molecule has 0 radical (unpaired) electrons. The molecular formula is C33H27FN2O4. The number of aliphatic carboxylic acids is 1. The summed E-state index contributed by atoms with van der Waals surface area (Å²) >= 11 is 0. The highest BCUT2D eigenvalue weighted by Crippen LogP contribution is 2.27. The van der Waals surface area contributed by atoms with E-state index in [0.717, 1.165) is 27.8 Å². The highest BCUT2D eigenvalue weighted by molar-refractivity contribution is 5.99. The van der Waals surface area contributed by atoms with E-state index in [0.29, 0.717) is 11.1 Å². The van der Waals surface area contributed by atoms with Gasteiger partial charge in [-0.2, -0.15) is 4.98 Å². The molecule has 0 aliphatic heterocycles. The number of benzene rings is 4. The molecule has 0 aliphatic carbocycles. The molecule has 1 N–H and O–H groups in total. The van der Waals surface area contributed by atoms with Crippen LogP contribution < -0.4 is 0 Å². The fraction of sp³-hybridized carbons (Fsp3) is 0.152. The zero-order chi connectivity index (χ0) is 28.2. The monoisotopic (exact) mass is 534 g/mol. The molecule has 1 atom stereocenters. The van der Waals surface area contributed by atoms with Crippen molar-refractivity contribution in [1.29, 1.82) is 0 Å². The van der Waals surface area contributed by atoms with Gasteiger partial charge in [0.1, 0.15) is 5.82 Å². The van der Waals surface area contributed by atoms with E-state index in [1.54, 1.807) is 24.3 Å². The van der Waals surface area contributed by atoms with Gasteiger partial charge < -0.3 is 9.63 Å². The van der Waals surface area contributed by atoms with Crippen LogP contribution >= 0.6 is 0 Å². The molecule has 5 aromatic rings. The zero-order valence-electron chi connectivity index (χ0n) is 22.1. The third-order valence-electron chi connectivity index (χ3n) is 6.83. The number of aryl methyl sites for hydroxylation is 2. The van der Waals surface area contributed by atoms with Gasteiger partial charge in [-0.3, -0.25) is 9.59 Å². The molecule has 0 fully saturated rings. The van der Waals surface area contributed by atoms with Crippen molar-refractivity contribution in [2.45, 2.75) is 26.7 Å². The van der Waals surface area contributed by atoms with E-state index < -0.39 is 17.7 Å². The van der Waals surface area contributed by atoms with Crippen LogP contribution in [0, 0.1) is 25.6 Å². The van der Waals surface area contributed by atoms with Crippen LogP contribution in [0.2, 0.25) is 0 Å². The van der Waals surface area contributed by atoms with E-state index in [1.165, 1.54) is 12.1 Å². The molecular weight excluding hydrogens is 507 g/mol. The Hall–Kier alpha value is -4.91. The Labute approximate surface area is 231 Å². The first-order valence-electron chi connectivity index (χ1n) is 12.9. The van der Waals surface area contributed by atoms with Crippen LogP contribution in [0.1, 0.15) is 33.5 Å². The Bertz CT molecular complexity index is 1670. The minimum atomic E-state index is -1.12. The summed E-state index contributed by atoms with van der Waals surface area (Å²) in [5, 5.41) is 13.7. The van der Waals surface area contributed by atoms with E-state index in [2.05, 4.69) is 10.1 Å². The summed E-state index contributed by atoms with van der Waals surface area (Å²) in [7, 11) is 0. The number of carboxylic acids is 1. The van der Waals surface area contributed by atoms with Crippen LogP contribution in [0.3, 0.4) is 0 Å². The van der Waals surface area contributed by atoms with Crippen LogP contribution in [-0.2, 0) is 11.2 Å². The molecule has 0 saturated heterocycles. The van der Waals surface area contributed by atoms with Crippen molar-refractivity contribution in [1.82, 2.24) is 10.1 Å². The van der Waals surface area contributed by atoms with Crippen LogP contribution in [0.4, 0.5) is 4.39 Å². The fourth-order valence-electron chi connectivity index (χ4n) is 4.50. The van der Waals surface area contributed by atoms with Crippen molar-refractivity contribution in [3.63, 3.8) is 0 Å². The van der Waals surface area contributed by atoms with E-state index in [1.807, 2.05) is 68.4 Å². The Balaban J connectivity index is 1.30. The molecule has 6 nitrogen and oxygen atoms in total. The average Bonchev–Trinajstić information content (AvgIpc) is 3.43. The van der Waals surface area contributed by atoms with Crippen molar-refractivity contribution in [3.05, 3.63) is 119 Å². The number of halogens is 1. The number of carbonyl (C=O) groups excluding carboxylic acids is 1. The fourth-order valence-corrected chi connectivity index (χ4v) is 4.50. The minimum absolute atomic E-state index is 0.00319. The van der Waals surface area contributed by atoms with E-state index in [9.17, 15) is 14.7 Å². The first kappa shape index (κ1) is 26.7. The van der Waals surface area contributed by atoms with Gasteiger partial charge in [0.25, 0.3) is 5.89 Å². The molecule has 5 rings (SSSR count). The van der Waals surface area contributed by atoms with Crippen molar-refractivity contribution in [2.75, 3.05) is 0 Å². The lowest BCUT2D eigenvalue weighted by atomic mass is 9.91. The maximum absolute atomic E-state index is 15.1. The third-order valence-corrected chi connectivity index (χ3v) is 6.83. The lowest BCUT2D eigenvalue weighted by molar-refractivity contribution is -0.141. The Kier molecular flexibility index (Phi) is 7.64. The first-order chi connectivity index (χ1) is 19.3. The second-order valence-electron chi connectivity index (χ2n) is 9.92. The summed E-state index contributed by atoms with van der Waals surface area (Å²) in [4.78, 5) is 29.4. The number of nitrogens with zero attached hydrogens (tertiary/aromatic N) is 2. The number of carbonyl (C=O) groups is 2. The van der Waals surface area contributed by atoms with Crippen molar-refractivity contribution >= 4 is 11.8 Å². The van der Waals surface area contributed by atoms with Gasteiger partial charge in [-0.25, -0.2) is 4.39 Å². The molecule has 0 saturated carbocycles. The predicted octanol–water partition coefficient (Wildman–Crippen LogP) is 7.34. The molecule has 1 heterocycles. The molecule has 0 aliphatic rings. The SMILES string of the molecule is Cc1ccc(-c2cccc(C(=O)CC(Cc3ccc(-c4noc(-c5ccc(C)cc5)n4)c(F)c3)C(=O)O)c2)cc1. The van der Waals surface area contributed by atoms with Gasteiger partial charge >= 0.3 is 5.97 Å². The highest BCUT2D eigenvalue weighted by atomic mass is 19.1. The summed E-state index contributed by atoms with van der Waals surface area (Å²) in [5.41, 5.74) is 5.82. The molecule has 4 aromatic carbocycles. The van der Waals surface area contributed by atoms with E-state index in [4.69, 9.17) is 4.52 Å². The maximum Gasteiger partial charge on any atom is 0.307 e. The van der Waals surface area contributed by atoms with Gasteiger partial charge in [0, 0.05) is 17.5 Å². The summed E-state index contributed by atoms with van der Waals surface area (Å²) in [5.74, 6) is -2.65. The van der Waals surface area contributed by atoms with Crippen molar-refractivity contribution in [3.8, 4) is 34.0 Å².